The van der Waals surface area contributed by atoms with Gasteiger partial charge in [-0.25, -0.2) is 18.4 Å². The zero-order valence-corrected chi connectivity index (χ0v) is 15.0. The second-order valence-corrected chi connectivity index (χ2v) is 8.38. The number of hydrogen-bond acceptors (Lipinski definition) is 6. The molecular weight excluding hydrogens is 340 g/mol. The molecule has 0 spiro atoms. The zero-order chi connectivity index (χ0) is 18.0. The monoisotopic (exact) mass is 360 g/mol. The number of nitrogens with one attached hydrogen (secondary N) is 1. The maximum Gasteiger partial charge on any atom is 0.274 e. The third-order valence-corrected chi connectivity index (χ3v) is 5.96. The number of carbonyl (C=O) groups excluding carboxylic acids is 1. The SMILES string of the molecule is Cc1nc(C(=O)Nc2ccccc2)cc(N(C)C2CCS(=O)(=O)C2)n1. The maximum atomic E-state index is 12.4. The molecule has 1 aromatic heterocycles. The Morgan fingerprint density at radius 1 is 1.24 bits per heavy atom. The molecule has 0 radical (unpaired) electrons. The van der Waals surface area contributed by atoms with Gasteiger partial charge in [-0.05, 0) is 25.5 Å². The summed E-state index contributed by atoms with van der Waals surface area (Å²) in [6.45, 7) is 1.71. The summed E-state index contributed by atoms with van der Waals surface area (Å²) in [6.07, 6.45) is 0.563. The van der Waals surface area contributed by atoms with Gasteiger partial charge in [0.05, 0.1) is 11.5 Å². The number of nitrogens with zero attached hydrogens (tertiary/aromatic N) is 3. The Bertz CT molecular complexity index is 884. The Balaban J connectivity index is 1.82. The molecule has 8 heteroatoms. The van der Waals surface area contributed by atoms with Gasteiger partial charge in [-0.3, -0.25) is 4.79 Å². The predicted molar refractivity (Wildman–Crippen MR) is 96.6 cm³/mol. The van der Waals surface area contributed by atoms with E-state index in [1.807, 2.05) is 23.1 Å². The van der Waals surface area contributed by atoms with Crippen LogP contribution >= 0.6 is 0 Å². The van der Waals surface area contributed by atoms with Crippen molar-refractivity contribution < 1.29 is 13.2 Å². The Labute approximate surface area is 147 Å². The van der Waals surface area contributed by atoms with E-state index in [4.69, 9.17) is 0 Å². The Hall–Kier alpha value is -2.48. The summed E-state index contributed by atoms with van der Waals surface area (Å²) in [7, 11) is -1.19. The van der Waals surface area contributed by atoms with Crippen molar-refractivity contribution >= 4 is 27.2 Å². The second kappa shape index (κ2) is 6.79. The van der Waals surface area contributed by atoms with Gasteiger partial charge in [-0.15, -0.1) is 0 Å². The Morgan fingerprint density at radius 3 is 2.60 bits per heavy atom. The molecule has 25 heavy (non-hydrogen) atoms. The molecule has 1 saturated heterocycles. The summed E-state index contributed by atoms with van der Waals surface area (Å²) in [5.74, 6) is 0.979. The summed E-state index contributed by atoms with van der Waals surface area (Å²) >= 11 is 0. The lowest BCUT2D eigenvalue weighted by molar-refractivity contribution is 0.102. The molecule has 2 aromatic rings. The zero-order valence-electron chi connectivity index (χ0n) is 14.1. The molecule has 1 amide bonds. The summed E-state index contributed by atoms with van der Waals surface area (Å²) < 4.78 is 23.4. The van der Waals surface area contributed by atoms with E-state index < -0.39 is 9.84 Å². The minimum absolute atomic E-state index is 0.109. The van der Waals surface area contributed by atoms with E-state index >= 15 is 0 Å². The molecule has 1 fully saturated rings. The number of carbonyl (C=O) groups is 1. The fourth-order valence-electron chi connectivity index (χ4n) is 2.83. The van der Waals surface area contributed by atoms with Crippen molar-refractivity contribution in [2.24, 2.45) is 0 Å². The Morgan fingerprint density at radius 2 is 1.96 bits per heavy atom. The topological polar surface area (TPSA) is 92.3 Å². The molecule has 1 atom stereocenters. The fraction of sp³-hybridized carbons (Fsp3) is 0.353. The second-order valence-electron chi connectivity index (χ2n) is 6.15. The van der Waals surface area contributed by atoms with Gasteiger partial charge in [0.15, 0.2) is 9.84 Å². The van der Waals surface area contributed by atoms with Crippen LogP contribution in [0, 0.1) is 6.92 Å². The van der Waals surface area contributed by atoms with Crippen LogP contribution in [0.5, 0.6) is 0 Å². The lowest BCUT2D eigenvalue weighted by atomic mass is 10.2. The molecule has 1 unspecified atom stereocenters. The smallest absolute Gasteiger partial charge is 0.274 e. The van der Waals surface area contributed by atoms with Crippen LogP contribution in [-0.2, 0) is 9.84 Å². The van der Waals surface area contributed by atoms with E-state index in [-0.39, 0.29) is 29.1 Å². The van der Waals surface area contributed by atoms with Gasteiger partial charge >= 0.3 is 0 Å². The first-order valence-corrected chi connectivity index (χ1v) is 9.81. The molecule has 0 aliphatic carbocycles. The molecule has 1 aliphatic heterocycles. The van der Waals surface area contributed by atoms with Gasteiger partial charge in [0.25, 0.3) is 5.91 Å². The highest BCUT2D eigenvalue weighted by molar-refractivity contribution is 7.91. The highest BCUT2D eigenvalue weighted by Crippen LogP contribution is 2.22. The van der Waals surface area contributed by atoms with Gasteiger partial charge in [-0.2, -0.15) is 0 Å². The van der Waals surface area contributed by atoms with Crippen molar-refractivity contribution in [1.82, 2.24) is 9.97 Å². The standard InChI is InChI=1S/C17H20N4O3S/c1-12-18-15(17(22)20-13-6-4-3-5-7-13)10-16(19-12)21(2)14-8-9-25(23,24)11-14/h3-7,10,14H,8-9,11H2,1-2H3,(H,20,22). The number of aryl methyl sites for hydroxylation is 1. The number of aromatic nitrogens is 2. The summed E-state index contributed by atoms with van der Waals surface area (Å²) in [4.78, 5) is 22.8. The van der Waals surface area contributed by atoms with Crippen molar-refractivity contribution in [3.05, 3.63) is 47.9 Å². The molecule has 3 rings (SSSR count). The minimum Gasteiger partial charge on any atom is -0.356 e. The van der Waals surface area contributed by atoms with Crippen LogP contribution in [0.15, 0.2) is 36.4 Å². The van der Waals surface area contributed by atoms with Crippen LogP contribution in [-0.4, -0.2) is 48.9 Å². The summed E-state index contributed by atoms with van der Waals surface area (Å²) in [6, 6.07) is 10.6. The lowest BCUT2D eigenvalue weighted by Gasteiger charge is -2.24. The molecule has 132 valence electrons. The third-order valence-electron chi connectivity index (χ3n) is 4.21. The molecule has 2 heterocycles. The van der Waals surface area contributed by atoms with Crippen molar-refractivity contribution in [3.63, 3.8) is 0 Å². The van der Waals surface area contributed by atoms with Crippen LogP contribution in [0.2, 0.25) is 0 Å². The molecule has 0 bridgehead atoms. The molecule has 1 N–H and O–H groups in total. The van der Waals surface area contributed by atoms with Crippen LogP contribution in [0.1, 0.15) is 22.7 Å². The van der Waals surface area contributed by atoms with Crippen LogP contribution in [0.25, 0.3) is 0 Å². The Kier molecular flexibility index (Phi) is 4.71. The molecule has 1 aromatic carbocycles. The third kappa shape index (κ3) is 4.14. The first-order chi connectivity index (χ1) is 11.8. The fourth-order valence-corrected chi connectivity index (χ4v) is 4.61. The van der Waals surface area contributed by atoms with Gasteiger partial charge in [0.2, 0.25) is 0 Å². The molecular formula is C17H20N4O3S. The minimum atomic E-state index is -2.99. The van der Waals surface area contributed by atoms with E-state index in [0.717, 1.165) is 0 Å². The number of hydrogen-bond donors (Lipinski definition) is 1. The van der Waals surface area contributed by atoms with Gasteiger partial charge in [0, 0.05) is 24.8 Å². The van der Waals surface area contributed by atoms with Crippen LogP contribution in [0.4, 0.5) is 11.5 Å². The maximum absolute atomic E-state index is 12.4. The van der Waals surface area contributed by atoms with Gasteiger partial charge in [-0.1, -0.05) is 18.2 Å². The van der Waals surface area contributed by atoms with Crippen LogP contribution < -0.4 is 10.2 Å². The van der Waals surface area contributed by atoms with E-state index in [1.165, 1.54) is 0 Å². The first kappa shape index (κ1) is 17.3. The highest BCUT2D eigenvalue weighted by atomic mass is 32.2. The molecule has 0 saturated carbocycles. The van der Waals surface area contributed by atoms with Crippen LogP contribution in [0.3, 0.4) is 0 Å². The summed E-state index contributed by atoms with van der Waals surface area (Å²) in [5.41, 5.74) is 0.930. The number of anilines is 2. The van der Waals surface area contributed by atoms with Crippen molar-refractivity contribution in [1.29, 1.82) is 0 Å². The highest BCUT2D eigenvalue weighted by Gasteiger charge is 2.31. The summed E-state index contributed by atoms with van der Waals surface area (Å²) in [5, 5.41) is 2.79. The predicted octanol–water partition coefficient (Wildman–Crippen LogP) is 1.66. The largest absolute Gasteiger partial charge is 0.356 e. The van der Waals surface area contributed by atoms with Gasteiger partial charge in [0.1, 0.15) is 17.3 Å². The van der Waals surface area contributed by atoms with E-state index in [9.17, 15) is 13.2 Å². The lowest BCUT2D eigenvalue weighted by Crippen LogP contribution is -2.33. The van der Waals surface area contributed by atoms with Crippen molar-refractivity contribution in [2.45, 2.75) is 19.4 Å². The van der Waals surface area contributed by atoms with Gasteiger partial charge < -0.3 is 10.2 Å². The van der Waals surface area contributed by atoms with E-state index in [1.54, 1.807) is 32.2 Å². The number of sulfone groups is 1. The van der Waals surface area contributed by atoms with E-state index in [0.29, 0.717) is 23.8 Å². The normalized spacial score (nSPS) is 18.7. The first-order valence-electron chi connectivity index (χ1n) is 7.99. The molecule has 1 aliphatic rings. The number of benzene rings is 1. The van der Waals surface area contributed by atoms with E-state index in [2.05, 4.69) is 15.3 Å². The molecule has 7 nitrogen and oxygen atoms in total. The van der Waals surface area contributed by atoms with Crippen molar-refractivity contribution in [3.8, 4) is 0 Å². The number of amides is 1. The average Bonchev–Trinajstić information content (AvgIpc) is 2.94. The quantitative estimate of drug-likeness (QED) is 0.891. The number of rotatable bonds is 4. The average molecular weight is 360 g/mol. The van der Waals surface area contributed by atoms with Crippen molar-refractivity contribution in [2.75, 3.05) is 28.8 Å². The number of para-hydroxylation sites is 1.